The Morgan fingerprint density at radius 3 is 2.42 bits per heavy atom. The number of carbonyl (C=O) groups excluding carboxylic acids is 2. The first kappa shape index (κ1) is 22.5. The van der Waals surface area contributed by atoms with Crippen LogP contribution in [0.15, 0.2) is 39.8 Å². The van der Waals surface area contributed by atoms with Crippen molar-refractivity contribution in [1.29, 1.82) is 0 Å². The first-order chi connectivity index (χ1) is 14.4. The average Bonchev–Trinajstić information content (AvgIpc) is 3.27. The molecule has 11 heteroatoms. The normalized spacial score (nSPS) is 12.2. The Morgan fingerprint density at radius 2 is 1.77 bits per heavy atom. The van der Waals surface area contributed by atoms with Gasteiger partial charge < -0.3 is 8.98 Å². The molecule has 31 heavy (non-hydrogen) atoms. The molecule has 0 unspecified atom stereocenters. The number of imidazole rings is 1. The Hall–Kier alpha value is -3.18. The first-order valence-corrected chi connectivity index (χ1v) is 11.1. The fourth-order valence-electron chi connectivity index (χ4n) is 3.08. The number of hydrazine groups is 1. The van der Waals surface area contributed by atoms with Gasteiger partial charge in [0.15, 0.2) is 5.76 Å². The second-order valence-corrected chi connectivity index (χ2v) is 9.60. The molecular weight excluding hydrogens is 422 g/mol. The maximum Gasteiger partial charge on any atom is 0.305 e. The van der Waals surface area contributed by atoms with E-state index in [9.17, 15) is 18.0 Å². The number of nitrogens with zero attached hydrogens (tertiary/aromatic N) is 2. The van der Waals surface area contributed by atoms with Gasteiger partial charge in [0.25, 0.3) is 15.9 Å². The van der Waals surface area contributed by atoms with Crippen LogP contribution in [0.25, 0.3) is 11.0 Å². The highest BCUT2D eigenvalue weighted by Crippen LogP contribution is 2.18. The number of rotatable bonds is 5. The highest BCUT2D eigenvalue weighted by atomic mass is 32.2. The van der Waals surface area contributed by atoms with Crippen molar-refractivity contribution in [2.75, 3.05) is 0 Å². The van der Waals surface area contributed by atoms with Crippen LogP contribution in [-0.4, -0.2) is 35.3 Å². The van der Waals surface area contributed by atoms with Gasteiger partial charge in [-0.15, -0.1) is 0 Å². The topological polar surface area (TPSA) is 135 Å². The zero-order valence-electron chi connectivity index (χ0n) is 17.9. The van der Waals surface area contributed by atoms with Crippen LogP contribution in [0.3, 0.4) is 0 Å². The number of amides is 2. The molecule has 0 aliphatic rings. The largest absolute Gasteiger partial charge is 0.438 e. The second-order valence-electron chi connectivity index (χ2n) is 7.99. The maximum atomic E-state index is 12.4. The third-order valence-corrected chi connectivity index (χ3v) is 5.95. The van der Waals surface area contributed by atoms with Crippen molar-refractivity contribution in [2.24, 2.45) is 0 Å². The van der Waals surface area contributed by atoms with Crippen LogP contribution in [0.4, 0.5) is 0 Å². The number of aryl methyl sites for hydroxylation is 2. The van der Waals surface area contributed by atoms with Gasteiger partial charge in [-0.3, -0.25) is 20.4 Å². The summed E-state index contributed by atoms with van der Waals surface area (Å²) in [5.74, 6) is -0.763. The van der Waals surface area contributed by atoms with E-state index in [4.69, 9.17) is 4.42 Å². The Morgan fingerprint density at radius 1 is 1.10 bits per heavy atom. The fraction of sp³-hybridized carbons (Fsp3) is 0.350. The van der Waals surface area contributed by atoms with Crippen LogP contribution in [-0.2, 0) is 16.6 Å². The van der Waals surface area contributed by atoms with E-state index >= 15 is 0 Å². The van der Waals surface area contributed by atoms with Crippen LogP contribution in [0.1, 0.15) is 54.4 Å². The van der Waals surface area contributed by atoms with Crippen molar-refractivity contribution in [3.63, 3.8) is 0 Å². The number of carbonyl (C=O) groups is 2. The zero-order valence-corrected chi connectivity index (χ0v) is 18.8. The number of benzene rings is 1. The third-order valence-electron chi connectivity index (χ3n) is 4.32. The van der Waals surface area contributed by atoms with Crippen LogP contribution < -0.4 is 15.6 Å². The van der Waals surface area contributed by atoms with Crippen LogP contribution in [0.5, 0.6) is 0 Å². The molecule has 0 spiro atoms. The molecule has 0 fully saturated rings. The predicted molar refractivity (Wildman–Crippen MR) is 114 cm³/mol. The van der Waals surface area contributed by atoms with Crippen molar-refractivity contribution < 1.29 is 22.4 Å². The van der Waals surface area contributed by atoms with Gasteiger partial charge in [-0.05, 0) is 65.0 Å². The SMILES string of the molecule is CCn1c(C)nc2cc(C(=O)NNC(=O)c3ccc(S(=O)(=O)NC(C)(C)C)o3)ccc21. The summed E-state index contributed by atoms with van der Waals surface area (Å²) >= 11 is 0. The summed E-state index contributed by atoms with van der Waals surface area (Å²) < 4.78 is 34.2. The highest BCUT2D eigenvalue weighted by molar-refractivity contribution is 7.89. The van der Waals surface area contributed by atoms with Crippen LogP contribution in [0, 0.1) is 6.92 Å². The summed E-state index contributed by atoms with van der Waals surface area (Å²) in [7, 11) is -3.92. The van der Waals surface area contributed by atoms with Gasteiger partial charge >= 0.3 is 5.91 Å². The van der Waals surface area contributed by atoms with Crippen molar-refractivity contribution in [3.05, 3.63) is 47.5 Å². The van der Waals surface area contributed by atoms with Crippen molar-refractivity contribution >= 4 is 32.9 Å². The van der Waals surface area contributed by atoms with E-state index in [0.29, 0.717) is 11.1 Å². The van der Waals surface area contributed by atoms with Gasteiger partial charge in [0.2, 0.25) is 5.09 Å². The summed E-state index contributed by atoms with van der Waals surface area (Å²) in [6, 6.07) is 7.44. The Balaban J connectivity index is 1.68. The standard InChI is InChI=1S/C20H25N5O5S/c1-6-25-12(2)21-14-11-13(7-8-15(14)25)18(26)22-23-19(27)16-9-10-17(30-16)31(28,29)24-20(3,4)5/h7-11,24H,6H2,1-5H3,(H,22,26)(H,23,27). The molecule has 3 aromatic rings. The summed E-state index contributed by atoms with van der Waals surface area (Å²) in [6.07, 6.45) is 0. The van der Waals surface area contributed by atoms with Crippen LogP contribution in [0.2, 0.25) is 0 Å². The first-order valence-electron chi connectivity index (χ1n) is 9.62. The number of furan rings is 1. The molecule has 1 aromatic carbocycles. The van der Waals surface area contributed by atoms with Crippen molar-refractivity contribution in [3.8, 4) is 0 Å². The summed E-state index contributed by atoms with van der Waals surface area (Å²) in [4.78, 5) is 29.1. The molecule has 2 amide bonds. The zero-order chi connectivity index (χ0) is 23.0. The lowest BCUT2D eigenvalue weighted by molar-refractivity contribution is 0.0827. The summed E-state index contributed by atoms with van der Waals surface area (Å²) in [6.45, 7) is 9.70. The molecule has 0 saturated carbocycles. The van der Waals surface area contributed by atoms with E-state index in [1.807, 2.05) is 18.4 Å². The maximum absolute atomic E-state index is 12.4. The molecule has 2 aromatic heterocycles. The van der Waals surface area contributed by atoms with Gasteiger partial charge in [0.1, 0.15) is 5.82 Å². The van der Waals surface area contributed by atoms with Crippen LogP contribution >= 0.6 is 0 Å². The lowest BCUT2D eigenvalue weighted by Crippen LogP contribution is -2.41. The lowest BCUT2D eigenvalue weighted by atomic mass is 10.1. The molecule has 0 bridgehead atoms. The molecule has 10 nitrogen and oxygen atoms in total. The number of hydrogen-bond donors (Lipinski definition) is 3. The molecule has 2 heterocycles. The Bertz CT molecular complexity index is 1250. The highest BCUT2D eigenvalue weighted by Gasteiger charge is 2.26. The Labute approximate surface area is 180 Å². The van der Waals surface area contributed by atoms with E-state index in [1.165, 1.54) is 12.1 Å². The van der Waals surface area contributed by atoms with Gasteiger partial charge in [-0.2, -0.15) is 0 Å². The van der Waals surface area contributed by atoms with Gasteiger partial charge in [-0.25, -0.2) is 18.1 Å². The second kappa shape index (κ2) is 8.16. The Kier molecular flexibility index (Phi) is 5.92. The van der Waals surface area contributed by atoms with E-state index < -0.39 is 32.5 Å². The number of aromatic nitrogens is 2. The predicted octanol–water partition coefficient (Wildman–Crippen LogP) is 2.11. The van der Waals surface area contributed by atoms with Gasteiger partial charge in [-0.1, -0.05) is 0 Å². The molecule has 0 aliphatic carbocycles. The third kappa shape index (κ3) is 4.94. The van der Waals surface area contributed by atoms with E-state index in [1.54, 1.807) is 39.0 Å². The average molecular weight is 448 g/mol. The molecule has 0 radical (unpaired) electrons. The number of fused-ring (bicyclic) bond motifs is 1. The number of sulfonamides is 1. The van der Waals surface area contributed by atoms with Crippen molar-refractivity contribution in [2.45, 2.75) is 51.8 Å². The smallest absolute Gasteiger partial charge is 0.305 e. The minimum atomic E-state index is -3.92. The van der Waals surface area contributed by atoms with E-state index in [2.05, 4.69) is 20.6 Å². The molecule has 3 N–H and O–H groups in total. The molecular formula is C20H25N5O5S. The van der Waals surface area contributed by atoms with Crippen molar-refractivity contribution in [1.82, 2.24) is 25.1 Å². The minimum Gasteiger partial charge on any atom is -0.438 e. The molecule has 0 atom stereocenters. The molecule has 166 valence electrons. The molecule has 0 aliphatic heterocycles. The monoisotopic (exact) mass is 447 g/mol. The van der Waals surface area contributed by atoms with E-state index in [-0.39, 0.29) is 5.76 Å². The van der Waals surface area contributed by atoms with Gasteiger partial charge in [0.05, 0.1) is 11.0 Å². The number of nitrogens with one attached hydrogen (secondary N) is 3. The summed E-state index contributed by atoms with van der Waals surface area (Å²) in [5, 5.41) is -0.397. The van der Waals surface area contributed by atoms with E-state index in [0.717, 1.165) is 17.9 Å². The fourth-order valence-corrected chi connectivity index (χ4v) is 4.43. The minimum absolute atomic E-state index is 0.262. The molecule has 3 rings (SSSR count). The number of hydrogen-bond acceptors (Lipinski definition) is 6. The van der Waals surface area contributed by atoms with Gasteiger partial charge in [0, 0.05) is 17.6 Å². The quantitative estimate of drug-likeness (QED) is 0.513. The summed E-state index contributed by atoms with van der Waals surface area (Å²) in [5.41, 5.74) is 5.68. The molecule has 0 saturated heterocycles. The lowest BCUT2D eigenvalue weighted by Gasteiger charge is -2.18.